The van der Waals surface area contributed by atoms with E-state index < -0.39 is 5.41 Å². The van der Waals surface area contributed by atoms with Crippen molar-refractivity contribution in [3.05, 3.63) is 59.7 Å². The van der Waals surface area contributed by atoms with Gasteiger partial charge in [0.25, 0.3) is 0 Å². The van der Waals surface area contributed by atoms with E-state index in [0.29, 0.717) is 13.0 Å². The molecule has 0 aliphatic heterocycles. The van der Waals surface area contributed by atoms with Crippen molar-refractivity contribution in [2.24, 2.45) is 0 Å². The number of esters is 1. The van der Waals surface area contributed by atoms with Crippen LogP contribution in [-0.2, 0) is 14.9 Å². The van der Waals surface area contributed by atoms with E-state index in [1.165, 1.54) is 89.9 Å². The largest absolute Gasteiger partial charge is 0.508 e. The molecular formula is C35H54O4. The Labute approximate surface area is 238 Å². The summed E-state index contributed by atoms with van der Waals surface area (Å²) < 4.78 is 5.88. The van der Waals surface area contributed by atoms with E-state index in [-0.39, 0.29) is 17.5 Å². The van der Waals surface area contributed by atoms with Gasteiger partial charge in [-0.3, -0.25) is 4.79 Å². The molecule has 0 aliphatic rings. The number of phenols is 2. The predicted octanol–water partition coefficient (Wildman–Crippen LogP) is 9.99. The summed E-state index contributed by atoms with van der Waals surface area (Å²) in [5.74, 6) is 0.0643. The number of hydrogen-bond donors (Lipinski definition) is 2. The summed E-state index contributed by atoms with van der Waals surface area (Å²) in [5.41, 5.74) is 0.625. The molecule has 0 fully saturated rings. The van der Waals surface area contributed by atoms with E-state index in [4.69, 9.17) is 4.74 Å². The molecule has 0 atom stereocenters. The minimum absolute atomic E-state index is 0.163. The number of ether oxygens (including phenoxy) is 1. The third-order valence-electron chi connectivity index (χ3n) is 7.92. The first-order valence-corrected chi connectivity index (χ1v) is 15.8. The molecule has 39 heavy (non-hydrogen) atoms. The average molecular weight is 539 g/mol. The van der Waals surface area contributed by atoms with E-state index >= 15 is 0 Å². The molecular weight excluding hydrogens is 484 g/mol. The third-order valence-corrected chi connectivity index (χ3v) is 7.92. The number of phenolic OH excluding ortho intramolecular Hbond substituents is 2. The first kappa shape index (κ1) is 32.7. The number of unbranched alkanes of at least 4 members (excludes halogenated alkanes) is 15. The predicted molar refractivity (Wildman–Crippen MR) is 162 cm³/mol. The molecule has 0 bridgehead atoms. The van der Waals surface area contributed by atoms with Gasteiger partial charge >= 0.3 is 5.97 Å². The van der Waals surface area contributed by atoms with Crippen molar-refractivity contribution < 1.29 is 19.7 Å². The molecule has 2 rings (SSSR count). The standard InChI is InChI=1S/C35H54O4/c1-3-5-6-7-8-9-10-11-12-13-14-15-16-17-18-19-29-39-34(38)35(28-4-2,30-20-24-32(36)25-21-30)31-22-26-33(37)27-23-31/h20-27,36-37H,3-19,28-29H2,1-2H3. The molecule has 0 spiro atoms. The first-order valence-electron chi connectivity index (χ1n) is 15.8. The van der Waals surface area contributed by atoms with Gasteiger partial charge in [0.1, 0.15) is 16.9 Å². The number of hydrogen-bond acceptors (Lipinski definition) is 4. The van der Waals surface area contributed by atoms with Crippen LogP contribution < -0.4 is 0 Å². The number of aromatic hydroxyl groups is 2. The van der Waals surface area contributed by atoms with Crippen molar-refractivity contribution in [1.29, 1.82) is 0 Å². The zero-order chi connectivity index (χ0) is 28.2. The van der Waals surface area contributed by atoms with E-state index in [2.05, 4.69) is 13.8 Å². The monoisotopic (exact) mass is 538 g/mol. The van der Waals surface area contributed by atoms with Crippen molar-refractivity contribution in [1.82, 2.24) is 0 Å². The van der Waals surface area contributed by atoms with Gasteiger partial charge < -0.3 is 14.9 Å². The lowest BCUT2D eigenvalue weighted by Crippen LogP contribution is -2.39. The molecule has 0 aromatic heterocycles. The van der Waals surface area contributed by atoms with Crippen molar-refractivity contribution in [3.63, 3.8) is 0 Å². The SMILES string of the molecule is CCCCCCCCCCCCCCCCCCOC(=O)C(CCC)(c1ccc(O)cc1)c1ccc(O)cc1. The summed E-state index contributed by atoms with van der Waals surface area (Å²) in [6.45, 7) is 4.74. The smallest absolute Gasteiger partial charge is 0.321 e. The zero-order valence-electron chi connectivity index (χ0n) is 24.8. The summed E-state index contributed by atoms with van der Waals surface area (Å²) in [7, 11) is 0. The maximum Gasteiger partial charge on any atom is 0.321 e. The van der Waals surface area contributed by atoms with Gasteiger partial charge in [0.15, 0.2) is 0 Å². The van der Waals surface area contributed by atoms with Gasteiger partial charge in [0.2, 0.25) is 0 Å². The second kappa shape index (κ2) is 19.6. The van der Waals surface area contributed by atoms with Crippen molar-refractivity contribution >= 4 is 5.97 Å². The van der Waals surface area contributed by atoms with Crippen LogP contribution in [0.2, 0.25) is 0 Å². The average Bonchev–Trinajstić information content (AvgIpc) is 2.94. The molecule has 2 aromatic rings. The fourth-order valence-corrected chi connectivity index (χ4v) is 5.60. The summed E-state index contributed by atoms with van der Waals surface area (Å²) in [6, 6.07) is 13.7. The second-order valence-electron chi connectivity index (χ2n) is 11.2. The lowest BCUT2D eigenvalue weighted by atomic mass is 9.71. The molecule has 0 aliphatic carbocycles. The minimum Gasteiger partial charge on any atom is -0.508 e. The molecule has 0 radical (unpaired) electrons. The van der Waals surface area contributed by atoms with Crippen LogP contribution in [0, 0.1) is 0 Å². The van der Waals surface area contributed by atoms with Gasteiger partial charge in [-0.05, 0) is 48.2 Å². The molecule has 0 heterocycles. The van der Waals surface area contributed by atoms with E-state index in [1.54, 1.807) is 48.5 Å². The third kappa shape index (κ3) is 11.6. The Hall–Kier alpha value is -2.49. The number of rotatable bonds is 22. The molecule has 2 N–H and O–H groups in total. The van der Waals surface area contributed by atoms with Crippen molar-refractivity contribution in [2.45, 2.75) is 135 Å². The van der Waals surface area contributed by atoms with Crippen LogP contribution in [0.5, 0.6) is 11.5 Å². The zero-order valence-corrected chi connectivity index (χ0v) is 24.8. The van der Waals surface area contributed by atoms with Gasteiger partial charge in [0.05, 0.1) is 6.61 Å². The summed E-state index contributed by atoms with van der Waals surface area (Å²) in [5, 5.41) is 19.6. The minimum atomic E-state index is -0.967. The summed E-state index contributed by atoms with van der Waals surface area (Å²) >= 11 is 0. The quantitative estimate of drug-likeness (QED) is 0.116. The molecule has 0 saturated carbocycles. The fraction of sp³-hybridized carbons (Fsp3) is 0.629. The highest BCUT2D eigenvalue weighted by molar-refractivity contribution is 5.87. The van der Waals surface area contributed by atoms with Crippen LogP contribution in [-0.4, -0.2) is 22.8 Å². The van der Waals surface area contributed by atoms with Gasteiger partial charge in [-0.1, -0.05) is 141 Å². The van der Waals surface area contributed by atoms with E-state index in [1.807, 2.05) is 0 Å². The molecule has 4 heteroatoms. The molecule has 0 saturated heterocycles. The Balaban J connectivity index is 1.69. The Morgan fingerprint density at radius 3 is 1.28 bits per heavy atom. The van der Waals surface area contributed by atoms with Gasteiger partial charge in [-0.15, -0.1) is 0 Å². The second-order valence-corrected chi connectivity index (χ2v) is 11.2. The van der Waals surface area contributed by atoms with Gasteiger partial charge in [-0.25, -0.2) is 0 Å². The Morgan fingerprint density at radius 2 is 0.923 bits per heavy atom. The summed E-state index contributed by atoms with van der Waals surface area (Å²) in [4.78, 5) is 13.6. The van der Waals surface area contributed by atoms with Crippen LogP contribution in [0.4, 0.5) is 0 Å². The number of benzene rings is 2. The highest BCUT2D eigenvalue weighted by Crippen LogP contribution is 2.39. The number of carbonyl (C=O) groups is 1. The maximum atomic E-state index is 13.6. The topological polar surface area (TPSA) is 66.8 Å². The van der Waals surface area contributed by atoms with Crippen LogP contribution >= 0.6 is 0 Å². The van der Waals surface area contributed by atoms with E-state index in [9.17, 15) is 15.0 Å². The highest BCUT2D eigenvalue weighted by atomic mass is 16.5. The highest BCUT2D eigenvalue weighted by Gasteiger charge is 2.42. The molecule has 0 unspecified atom stereocenters. The van der Waals surface area contributed by atoms with Crippen molar-refractivity contribution in [3.8, 4) is 11.5 Å². The maximum absolute atomic E-state index is 13.6. The van der Waals surface area contributed by atoms with Gasteiger partial charge in [0, 0.05) is 0 Å². The van der Waals surface area contributed by atoms with Crippen LogP contribution in [0.3, 0.4) is 0 Å². The van der Waals surface area contributed by atoms with E-state index in [0.717, 1.165) is 30.4 Å². The first-order chi connectivity index (χ1) is 19.0. The summed E-state index contributed by atoms with van der Waals surface area (Å²) in [6.07, 6.45) is 22.3. The van der Waals surface area contributed by atoms with Crippen LogP contribution in [0.25, 0.3) is 0 Å². The fourth-order valence-electron chi connectivity index (χ4n) is 5.60. The Bertz CT molecular complexity index is 842. The molecule has 2 aromatic carbocycles. The lowest BCUT2D eigenvalue weighted by Gasteiger charge is -2.32. The Morgan fingerprint density at radius 1 is 0.564 bits per heavy atom. The number of carbonyl (C=O) groups excluding carboxylic acids is 1. The molecule has 0 amide bonds. The van der Waals surface area contributed by atoms with Crippen LogP contribution in [0.15, 0.2) is 48.5 Å². The van der Waals surface area contributed by atoms with Crippen LogP contribution in [0.1, 0.15) is 141 Å². The molecule has 4 nitrogen and oxygen atoms in total. The lowest BCUT2D eigenvalue weighted by molar-refractivity contribution is -0.149. The normalized spacial score (nSPS) is 11.5. The Kier molecular flexibility index (Phi) is 16.4. The molecule has 218 valence electrons. The van der Waals surface area contributed by atoms with Crippen molar-refractivity contribution in [2.75, 3.05) is 6.61 Å². The van der Waals surface area contributed by atoms with Gasteiger partial charge in [-0.2, -0.15) is 0 Å².